The topological polar surface area (TPSA) is 64.3 Å². The molecule has 1 unspecified atom stereocenters. The fraction of sp³-hybridized carbons (Fsp3) is 0.500. The Morgan fingerprint density at radius 1 is 1.53 bits per heavy atom. The molecule has 0 aliphatic heterocycles. The van der Waals surface area contributed by atoms with E-state index in [4.69, 9.17) is 10.5 Å². The zero-order chi connectivity index (χ0) is 14.3. The number of para-hydroxylation sites is 1. The van der Waals surface area contributed by atoms with Crippen molar-refractivity contribution in [3.8, 4) is 0 Å². The van der Waals surface area contributed by atoms with Gasteiger partial charge in [-0.3, -0.25) is 4.79 Å². The summed E-state index contributed by atoms with van der Waals surface area (Å²) in [5, 5.41) is 2.73. The van der Waals surface area contributed by atoms with E-state index >= 15 is 0 Å². The zero-order valence-electron chi connectivity index (χ0n) is 11.7. The number of rotatable bonds is 7. The van der Waals surface area contributed by atoms with Gasteiger partial charge < -0.3 is 15.8 Å². The number of carbonyl (C=O) groups excluding carboxylic acids is 1. The molecule has 106 valence electrons. The lowest BCUT2D eigenvalue weighted by molar-refractivity contribution is -0.120. The number of benzene rings is 1. The second-order valence-electron chi connectivity index (χ2n) is 4.38. The number of nitrogens with two attached hydrogens (primary N) is 1. The summed E-state index contributed by atoms with van der Waals surface area (Å²) >= 11 is 1.49. The molecule has 1 aromatic rings. The summed E-state index contributed by atoms with van der Waals surface area (Å²) in [6.07, 6.45) is 0.826. The second kappa shape index (κ2) is 8.07. The molecule has 0 radical (unpaired) electrons. The molecule has 1 rings (SSSR count). The van der Waals surface area contributed by atoms with E-state index in [0.717, 1.165) is 22.6 Å². The van der Waals surface area contributed by atoms with Gasteiger partial charge in [0.15, 0.2) is 0 Å². The molecule has 0 fully saturated rings. The molecule has 3 N–H and O–H groups in total. The quantitative estimate of drug-likeness (QED) is 0.457. The highest BCUT2D eigenvalue weighted by molar-refractivity contribution is 8.00. The van der Waals surface area contributed by atoms with Gasteiger partial charge in [0.25, 0.3) is 0 Å². The van der Waals surface area contributed by atoms with Gasteiger partial charge in [-0.05, 0) is 31.9 Å². The smallest absolute Gasteiger partial charge is 0.233 e. The Labute approximate surface area is 119 Å². The van der Waals surface area contributed by atoms with Crippen LogP contribution in [0.15, 0.2) is 23.1 Å². The van der Waals surface area contributed by atoms with Gasteiger partial charge in [-0.2, -0.15) is 0 Å². The van der Waals surface area contributed by atoms with Gasteiger partial charge in [-0.1, -0.05) is 12.1 Å². The molecule has 5 heteroatoms. The van der Waals surface area contributed by atoms with Crippen LogP contribution in [0.3, 0.4) is 0 Å². The fourth-order valence-electron chi connectivity index (χ4n) is 1.57. The van der Waals surface area contributed by atoms with Crippen molar-refractivity contribution in [2.24, 2.45) is 0 Å². The molecule has 0 saturated carbocycles. The maximum atomic E-state index is 11.9. The summed E-state index contributed by atoms with van der Waals surface area (Å²) in [4.78, 5) is 12.9. The predicted molar refractivity (Wildman–Crippen MR) is 80.4 cm³/mol. The van der Waals surface area contributed by atoms with Crippen LogP contribution in [0.25, 0.3) is 0 Å². The Morgan fingerprint density at radius 3 is 2.95 bits per heavy atom. The number of thioether (sulfide) groups is 1. The van der Waals surface area contributed by atoms with Crippen LogP contribution in [-0.4, -0.2) is 31.4 Å². The van der Waals surface area contributed by atoms with E-state index in [1.54, 1.807) is 7.11 Å². The fourth-order valence-corrected chi connectivity index (χ4v) is 2.59. The van der Waals surface area contributed by atoms with Crippen molar-refractivity contribution in [3.05, 3.63) is 23.8 Å². The van der Waals surface area contributed by atoms with E-state index in [1.165, 1.54) is 11.8 Å². The number of ether oxygens (including phenoxy) is 1. The first kappa shape index (κ1) is 15.9. The van der Waals surface area contributed by atoms with Gasteiger partial charge in [0, 0.05) is 30.8 Å². The van der Waals surface area contributed by atoms with E-state index in [9.17, 15) is 4.79 Å². The Balaban J connectivity index is 2.47. The first-order chi connectivity index (χ1) is 9.06. The Bertz CT molecular complexity index is 424. The van der Waals surface area contributed by atoms with E-state index in [2.05, 4.69) is 5.32 Å². The van der Waals surface area contributed by atoms with Crippen LogP contribution in [0.2, 0.25) is 0 Å². The van der Waals surface area contributed by atoms with E-state index in [1.807, 2.05) is 32.0 Å². The molecule has 0 heterocycles. The van der Waals surface area contributed by atoms with Crippen LogP contribution in [0, 0.1) is 6.92 Å². The van der Waals surface area contributed by atoms with Crippen molar-refractivity contribution >= 4 is 23.4 Å². The number of carbonyl (C=O) groups is 1. The number of nitrogen functional groups attached to an aromatic ring is 1. The molecule has 0 saturated heterocycles. The molecule has 1 amide bonds. The number of methoxy groups -OCH3 is 1. The SMILES string of the molecule is COCCCNC(=O)C(C)Sc1cccc(C)c1N. The van der Waals surface area contributed by atoms with Crippen molar-refractivity contribution in [1.82, 2.24) is 5.32 Å². The summed E-state index contributed by atoms with van der Waals surface area (Å²) in [6, 6.07) is 5.87. The predicted octanol–water partition coefficient (Wildman–Crippen LogP) is 2.21. The molecule has 0 spiro atoms. The van der Waals surface area contributed by atoms with Crippen molar-refractivity contribution in [2.75, 3.05) is 26.0 Å². The third-order valence-corrected chi connectivity index (χ3v) is 3.96. The monoisotopic (exact) mass is 282 g/mol. The Kier molecular flexibility index (Phi) is 6.73. The van der Waals surface area contributed by atoms with Gasteiger partial charge in [0.2, 0.25) is 5.91 Å². The lowest BCUT2D eigenvalue weighted by Gasteiger charge is -2.14. The molecule has 0 aromatic heterocycles. The van der Waals surface area contributed by atoms with E-state index in [0.29, 0.717) is 13.2 Å². The second-order valence-corrected chi connectivity index (χ2v) is 5.77. The van der Waals surface area contributed by atoms with E-state index < -0.39 is 0 Å². The first-order valence-corrected chi connectivity index (χ1v) is 7.22. The highest BCUT2D eigenvalue weighted by Gasteiger charge is 2.15. The molecule has 0 bridgehead atoms. The lowest BCUT2D eigenvalue weighted by atomic mass is 10.2. The third kappa shape index (κ3) is 5.12. The molecular formula is C14H22N2O2S. The first-order valence-electron chi connectivity index (χ1n) is 6.34. The standard InChI is InChI=1S/C14H22N2O2S/c1-10-6-4-7-12(13(10)15)19-11(2)14(17)16-8-5-9-18-3/h4,6-7,11H,5,8-9,15H2,1-3H3,(H,16,17). The summed E-state index contributed by atoms with van der Waals surface area (Å²) in [5.41, 5.74) is 7.80. The number of hydrogen-bond acceptors (Lipinski definition) is 4. The normalized spacial score (nSPS) is 12.2. The summed E-state index contributed by atoms with van der Waals surface area (Å²) in [6.45, 7) is 5.15. The van der Waals surface area contributed by atoms with Crippen molar-refractivity contribution in [3.63, 3.8) is 0 Å². The number of aryl methyl sites for hydroxylation is 1. The van der Waals surface area contributed by atoms with Gasteiger partial charge >= 0.3 is 0 Å². The van der Waals surface area contributed by atoms with Crippen molar-refractivity contribution in [2.45, 2.75) is 30.4 Å². The summed E-state index contributed by atoms with van der Waals surface area (Å²) < 4.78 is 4.94. The van der Waals surface area contributed by atoms with E-state index in [-0.39, 0.29) is 11.2 Å². The molecule has 1 atom stereocenters. The maximum Gasteiger partial charge on any atom is 0.233 e. The average molecular weight is 282 g/mol. The van der Waals surface area contributed by atoms with Crippen LogP contribution in [0.5, 0.6) is 0 Å². The van der Waals surface area contributed by atoms with Crippen LogP contribution < -0.4 is 11.1 Å². The molecule has 1 aromatic carbocycles. The number of amides is 1. The van der Waals surface area contributed by atoms with Gasteiger partial charge in [-0.25, -0.2) is 0 Å². The van der Waals surface area contributed by atoms with Crippen molar-refractivity contribution in [1.29, 1.82) is 0 Å². The summed E-state index contributed by atoms with van der Waals surface area (Å²) in [7, 11) is 1.65. The maximum absolute atomic E-state index is 11.9. The number of nitrogens with one attached hydrogen (secondary N) is 1. The summed E-state index contributed by atoms with van der Waals surface area (Å²) in [5.74, 6) is 0.0296. The third-order valence-electron chi connectivity index (χ3n) is 2.78. The molecule has 4 nitrogen and oxygen atoms in total. The van der Waals surface area contributed by atoms with Crippen LogP contribution >= 0.6 is 11.8 Å². The molecule has 19 heavy (non-hydrogen) atoms. The minimum absolute atomic E-state index is 0.0296. The molecular weight excluding hydrogens is 260 g/mol. The van der Waals surface area contributed by atoms with Gasteiger partial charge in [-0.15, -0.1) is 11.8 Å². The number of anilines is 1. The molecule has 0 aliphatic carbocycles. The van der Waals surface area contributed by atoms with Crippen LogP contribution in [-0.2, 0) is 9.53 Å². The minimum Gasteiger partial charge on any atom is -0.398 e. The van der Waals surface area contributed by atoms with Gasteiger partial charge in [0.1, 0.15) is 0 Å². The average Bonchev–Trinajstić information content (AvgIpc) is 2.39. The zero-order valence-corrected chi connectivity index (χ0v) is 12.5. The Hall–Kier alpha value is -1.20. The highest BCUT2D eigenvalue weighted by atomic mass is 32.2. The van der Waals surface area contributed by atoms with Crippen molar-refractivity contribution < 1.29 is 9.53 Å². The Morgan fingerprint density at radius 2 is 2.26 bits per heavy atom. The minimum atomic E-state index is -0.161. The largest absolute Gasteiger partial charge is 0.398 e. The number of hydrogen-bond donors (Lipinski definition) is 2. The highest BCUT2D eigenvalue weighted by Crippen LogP contribution is 2.30. The van der Waals surface area contributed by atoms with Crippen LogP contribution in [0.4, 0.5) is 5.69 Å². The van der Waals surface area contributed by atoms with Crippen LogP contribution in [0.1, 0.15) is 18.9 Å². The molecule has 0 aliphatic rings. The lowest BCUT2D eigenvalue weighted by Crippen LogP contribution is -2.32. The van der Waals surface area contributed by atoms with Gasteiger partial charge in [0.05, 0.1) is 5.25 Å².